The topological polar surface area (TPSA) is 108 Å². The van der Waals surface area contributed by atoms with Crippen molar-refractivity contribution in [1.82, 2.24) is 4.98 Å². The third-order valence-corrected chi connectivity index (χ3v) is 3.72. The highest BCUT2D eigenvalue weighted by Gasteiger charge is 2.10. The third-order valence-electron chi connectivity index (χ3n) is 3.72. The van der Waals surface area contributed by atoms with Crippen molar-refractivity contribution in [3.63, 3.8) is 0 Å². The number of carboxylic acids is 1. The van der Waals surface area contributed by atoms with Crippen molar-refractivity contribution in [2.45, 2.75) is 0 Å². The summed E-state index contributed by atoms with van der Waals surface area (Å²) in [6.07, 6.45) is 3.16. The summed E-state index contributed by atoms with van der Waals surface area (Å²) >= 11 is 0. The number of aromatic nitrogens is 1. The normalized spacial score (nSPS) is 10.1. The molecule has 3 rings (SSSR count). The van der Waals surface area contributed by atoms with Gasteiger partial charge in [-0.2, -0.15) is 0 Å². The smallest absolute Gasteiger partial charge is 0.335 e. The molecule has 2 aromatic carbocycles. The predicted molar refractivity (Wildman–Crippen MR) is 100.0 cm³/mol. The molecule has 0 aliphatic carbocycles. The van der Waals surface area contributed by atoms with Gasteiger partial charge in [0.25, 0.3) is 11.8 Å². The summed E-state index contributed by atoms with van der Waals surface area (Å²) < 4.78 is 0. The Morgan fingerprint density at radius 2 is 1.22 bits per heavy atom. The van der Waals surface area contributed by atoms with Gasteiger partial charge in [0.2, 0.25) is 0 Å². The van der Waals surface area contributed by atoms with Crippen LogP contribution in [0.15, 0.2) is 73.1 Å². The third kappa shape index (κ3) is 4.55. The number of hydrogen-bond donors (Lipinski definition) is 3. The first-order valence-corrected chi connectivity index (χ1v) is 7.99. The molecular formula is C20H15N3O4. The molecule has 0 saturated carbocycles. The summed E-state index contributed by atoms with van der Waals surface area (Å²) in [5.41, 5.74) is 1.97. The van der Waals surface area contributed by atoms with E-state index in [1.54, 1.807) is 48.8 Å². The first-order chi connectivity index (χ1) is 13.0. The maximum absolute atomic E-state index is 12.2. The second-order valence-electron chi connectivity index (χ2n) is 5.61. The van der Waals surface area contributed by atoms with Crippen LogP contribution in [0.3, 0.4) is 0 Å². The molecule has 0 saturated heterocycles. The van der Waals surface area contributed by atoms with Crippen molar-refractivity contribution in [3.8, 4) is 0 Å². The molecule has 0 fully saturated rings. The molecule has 3 aromatic rings. The minimum absolute atomic E-state index is 0.107. The van der Waals surface area contributed by atoms with Crippen molar-refractivity contribution in [2.75, 3.05) is 10.6 Å². The van der Waals surface area contributed by atoms with Crippen LogP contribution in [-0.4, -0.2) is 27.9 Å². The van der Waals surface area contributed by atoms with E-state index in [0.717, 1.165) is 0 Å². The van der Waals surface area contributed by atoms with E-state index in [1.165, 1.54) is 24.3 Å². The fourth-order valence-corrected chi connectivity index (χ4v) is 2.31. The van der Waals surface area contributed by atoms with Gasteiger partial charge in [0, 0.05) is 23.0 Å². The number of pyridine rings is 1. The molecule has 0 aliphatic heterocycles. The number of carboxylic acid groups (broad SMARTS) is 1. The summed E-state index contributed by atoms with van der Waals surface area (Å²) in [4.78, 5) is 39.2. The van der Waals surface area contributed by atoms with Crippen LogP contribution < -0.4 is 10.6 Å². The summed E-state index contributed by atoms with van der Waals surface area (Å²) in [6, 6.07) is 15.5. The lowest BCUT2D eigenvalue weighted by Gasteiger charge is -2.08. The van der Waals surface area contributed by atoms with E-state index in [-0.39, 0.29) is 17.4 Å². The minimum Gasteiger partial charge on any atom is -0.478 e. The number of nitrogens with zero attached hydrogens (tertiary/aromatic N) is 1. The quantitative estimate of drug-likeness (QED) is 0.646. The Kier molecular flexibility index (Phi) is 5.22. The summed E-state index contributed by atoms with van der Waals surface area (Å²) in [5, 5.41) is 14.3. The number of nitrogens with one attached hydrogen (secondary N) is 2. The Labute approximate surface area is 154 Å². The molecule has 1 heterocycles. The van der Waals surface area contributed by atoms with Gasteiger partial charge in [-0.05, 0) is 60.7 Å². The van der Waals surface area contributed by atoms with Crippen LogP contribution in [0, 0.1) is 0 Å². The van der Waals surface area contributed by atoms with Gasteiger partial charge in [0.1, 0.15) is 0 Å². The number of anilines is 2. The lowest BCUT2D eigenvalue weighted by Crippen LogP contribution is -2.14. The van der Waals surface area contributed by atoms with E-state index in [1.807, 2.05) is 0 Å². The van der Waals surface area contributed by atoms with Crippen molar-refractivity contribution in [3.05, 3.63) is 89.7 Å². The Balaban J connectivity index is 1.64. The molecule has 134 valence electrons. The number of carbonyl (C=O) groups is 3. The highest BCUT2D eigenvalue weighted by molar-refractivity contribution is 6.06. The van der Waals surface area contributed by atoms with Gasteiger partial charge >= 0.3 is 5.97 Å². The molecule has 0 aliphatic rings. The van der Waals surface area contributed by atoms with Crippen LogP contribution in [0.4, 0.5) is 11.4 Å². The van der Waals surface area contributed by atoms with E-state index in [0.29, 0.717) is 22.5 Å². The molecule has 0 spiro atoms. The van der Waals surface area contributed by atoms with Gasteiger partial charge in [-0.25, -0.2) is 4.79 Å². The number of benzene rings is 2. The lowest BCUT2D eigenvalue weighted by molar-refractivity contribution is 0.0696. The van der Waals surface area contributed by atoms with E-state index >= 15 is 0 Å². The average Bonchev–Trinajstić information content (AvgIpc) is 2.69. The van der Waals surface area contributed by atoms with Crippen LogP contribution in [0.2, 0.25) is 0 Å². The maximum Gasteiger partial charge on any atom is 0.335 e. The minimum atomic E-state index is -1.05. The predicted octanol–water partition coefficient (Wildman–Crippen LogP) is 3.28. The molecule has 0 atom stereocenters. The number of hydrogen-bond acceptors (Lipinski definition) is 4. The fraction of sp³-hybridized carbons (Fsp3) is 0. The van der Waals surface area contributed by atoms with Gasteiger partial charge in [0.05, 0.1) is 17.4 Å². The van der Waals surface area contributed by atoms with Crippen LogP contribution in [0.5, 0.6) is 0 Å². The summed E-state index contributed by atoms with van der Waals surface area (Å²) in [5.74, 6) is -1.72. The Hall–Kier alpha value is -4.00. The molecule has 0 unspecified atom stereocenters. The van der Waals surface area contributed by atoms with Gasteiger partial charge in [-0.1, -0.05) is 0 Å². The van der Waals surface area contributed by atoms with Crippen molar-refractivity contribution < 1.29 is 19.5 Å². The van der Waals surface area contributed by atoms with Crippen molar-refractivity contribution in [1.29, 1.82) is 0 Å². The second-order valence-corrected chi connectivity index (χ2v) is 5.61. The van der Waals surface area contributed by atoms with Gasteiger partial charge in [-0.15, -0.1) is 0 Å². The Morgan fingerprint density at radius 3 is 1.74 bits per heavy atom. The molecule has 3 N–H and O–H groups in total. The molecule has 0 radical (unpaired) electrons. The zero-order valence-corrected chi connectivity index (χ0v) is 14.0. The lowest BCUT2D eigenvalue weighted by atomic mass is 10.1. The average molecular weight is 361 g/mol. The highest BCUT2D eigenvalue weighted by Crippen LogP contribution is 2.14. The number of carbonyl (C=O) groups excluding carboxylic acids is 2. The number of aromatic carboxylic acids is 1. The monoisotopic (exact) mass is 361 g/mol. The molecule has 2 amide bonds. The van der Waals surface area contributed by atoms with Gasteiger partial charge in [-0.3, -0.25) is 14.6 Å². The van der Waals surface area contributed by atoms with Crippen LogP contribution in [-0.2, 0) is 0 Å². The van der Waals surface area contributed by atoms with Crippen LogP contribution in [0.25, 0.3) is 0 Å². The zero-order valence-electron chi connectivity index (χ0n) is 14.0. The van der Waals surface area contributed by atoms with E-state index in [2.05, 4.69) is 15.6 Å². The first kappa shape index (κ1) is 17.8. The fourth-order valence-electron chi connectivity index (χ4n) is 2.31. The molecule has 27 heavy (non-hydrogen) atoms. The van der Waals surface area contributed by atoms with E-state index in [9.17, 15) is 14.4 Å². The molecular weight excluding hydrogens is 346 g/mol. The molecule has 0 bridgehead atoms. The van der Waals surface area contributed by atoms with E-state index < -0.39 is 5.97 Å². The molecule has 7 heteroatoms. The van der Waals surface area contributed by atoms with Crippen LogP contribution >= 0.6 is 0 Å². The molecule has 7 nitrogen and oxygen atoms in total. The van der Waals surface area contributed by atoms with Crippen molar-refractivity contribution in [2.24, 2.45) is 0 Å². The van der Waals surface area contributed by atoms with E-state index in [4.69, 9.17) is 5.11 Å². The van der Waals surface area contributed by atoms with Gasteiger partial charge in [0.15, 0.2) is 0 Å². The highest BCUT2D eigenvalue weighted by atomic mass is 16.4. The van der Waals surface area contributed by atoms with Gasteiger partial charge < -0.3 is 15.7 Å². The second kappa shape index (κ2) is 7.92. The standard InChI is InChI=1S/C20H15N3O4/c24-18(13-3-5-15(6-4-13)20(26)27)22-16-9-7-14(8-10-16)19(25)23-17-2-1-11-21-12-17/h1-12H,(H,22,24)(H,23,25)(H,26,27). The summed E-state index contributed by atoms with van der Waals surface area (Å²) in [7, 11) is 0. The largest absolute Gasteiger partial charge is 0.478 e. The Bertz CT molecular complexity index is 968. The van der Waals surface area contributed by atoms with Crippen molar-refractivity contribution >= 4 is 29.2 Å². The maximum atomic E-state index is 12.2. The number of amides is 2. The summed E-state index contributed by atoms with van der Waals surface area (Å²) in [6.45, 7) is 0. The number of rotatable bonds is 5. The molecule has 1 aromatic heterocycles. The Morgan fingerprint density at radius 1 is 0.704 bits per heavy atom. The zero-order chi connectivity index (χ0) is 19.2. The van der Waals surface area contributed by atoms with Crippen LogP contribution in [0.1, 0.15) is 31.1 Å². The SMILES string of the molecule is O=C(O)c1ccc(C(=O)Nc2ccc(C(=O)Nc3cccnc3)cc2)cc1. The first-order valence-electron chi connectivity index (χ1n) is 7.99.